The van der Waals surface area contributed by atoms with E-state index in [0.29, 0.717) is 11.8 Å². The highest BCUT2D eigenvalue weighted by atomic mass is 16.3. The van der Waals surface area contributed by atoms with Gasteiger partial charge in [0.15, 0.2) is 0 Å². The van der Waals surface area contributed by atoms with Gasteiger partial charge in [0, 0.05) is 18.8 Å². The van der Waals surface area contributed by atoms with E-state index >= 15 is 0 Å². The van der Waals surface area contributed by atoms with Crippen LogP contribution in [0.4, 0.5) is 5.69 Å². The number of rotatable bonds is 6. The lowest BCUT2D eigenvalue weighted by atomic mass is 9.68. The Morgan fingerprint density at radius 1 is 1.11 bits per heavy atom. The van der Waals surface area contributed by atoms with Crippen LogP contribution >= 0.6 is 0 Å². The van der Waals surface area contributed by atoms with Gasteiger partial charge in [-0.25, -0.2) is 0 Å². The quantitative estimate of drug-likeness (QED) is 0.440. The van der Waals surface area contributed by atoms with Crippen LogP contribution in [0.2, 0.25) is 0 Å². The molecule has 1 amide bonds. The van der Waals surface area contributed by atoms with Gasteiger partial charge in [-0.15, -0.1) is 0 Å². The first kappa shape index (κ1) is 26.1. The molecule has 1 aliphatic carbocycles. The highest BCUT2D eigenvalue weighted by Gasteiger charge is 2.35. The number of phenols is 1. The van der Waals surface area contributed by atoms with Gasteiger partial charge in [0.05, 0.1) is 12.1 Å². The zero-order valence-electron chi connectivity index (χ0n) is 22.6. The fraction of sp³-hybridized carbons (Fsp3) is 0.581. The number of anilines is 1. The van der Waals surface area contributed by atoms with E-state index in [2.05, 4.69) is 33.7 Å². The molecular weight excluding hydrogens is 460 g/mol. The van der Waals surface area contributed by atoms with Crippen molar-refractivity contribution in [2.24, 2.45) is 11.1 Å². The number of amides is 1. The lowest BCUT2D eigenvalue weighted by Gasteiger charge is -2.44. The van der Waals surface area contributed by atoms with Gasteiger partial charge in [-0.1, -0.05) is 31.4 Å². The molecule has 5 rings (SSSR count). The first-order valence-corrected chi connectivity index (χ1v) is 14.3. The van der Waals surface area contributed by atoms with Gasteiger partial charge in [-0.05, 0) is 117 Å². The maximum atomic E-state index is 13.2. The van der Waals surface area contributed by atoms with E-state index < -0.39 is 6.04 Å². The van der Waals surface area contributed by atoms with Gasteiger partial charge in [-0.3, -0.25) is 9.69 Å². The van der Waals surface area contributed by atoms with Gasteiger partial charge < -0.3 is 21.5 Å². The number of likely N-dealkylation sites (tertiary alicyclic amines) is 1. The second kappa shape index (κ2) is 11.0. The summed E-state index contributed by atoms with van der Waals surface area (Å²) in [7, 11) is 0. The summed E-state index contributed by atoms with van der Waals surface area (Å²) in [5.74, 6) is 0.126. The molecule has 1 saturated carbocycles. The van der Waals surface area contributed by atoms with Crippen LogP contribution < -0.4 is 16.4 Å². The molecule has 0 aromatic heterocycles. The second-order valence-corrected chi connectivity index (χ2v) is 11.9. The van der Waals surface area contributed by atoms with Crippen LogP contribution in [0.25, 0.3) is 0 Å². The Kier molecular flexibility index (Phi) is 7.77. The summed E-state index contributed by atoms with van der Waals surface area (Å²) >= 11 is 0. The molecule has 1 saturated heterocycles. The summed E-state index contributed by atoms with van der Waals surface area (Å²) in [4.78, 5) is 15.8. The summed E-state index contributed by atoms with van der Waals surface area (Å²) in [5, 5.41) is 16.6. The van der Waals surface area contributed by atoms with Crippen molar-refractivity contribution in [2.75, 3.05) is 25.0 Å². The van der Waals surface area contributed by atoms with Crippen molar-refractivity contribution in [3.05, 3.63) is 58.1 Å². The minimum atomic E-state index is -0.635. The molecule has 0 bridgehead atoms. The monoisotopic (exact) mass is 504 g/mol. The number of nitrogens with one attached hydrogen (secondary N) is 2. The van der Waals surface area contributed by atoms with E-state index in [1.807, 2.05) is 13.8 Å². The van der Waals surface area contributed by atoms with Crippen LogP contribution in [0.5, 0.6) is 5.75 Å². The number of carbonyl (C=O) groups excluding carboxylic acids is 1. The normalized spacial score (nSPS) is 22.2. The number of nitrogens with zero attached hydrogens (tertiary/aromatic N) is 1. The highest BCUT2D eigenvalue weighted by Crippen LogP contribution is 2.44. The first-order valence-electron chi connectivity index (χ1n) is 14.3. The molecule has 6 nitrogen and oxygen atoms in total. The summed E-state index contributed by atoms with van der Waals surface area (Å²) in [6, 6.07) is 9.50. The number of piperidine rings is 1. The van der Waals surface area contributed by atoms with E-state index in [0.717, 1.165) is 41.9 Å². The molecule has 200 valence electrons. The van der Waals surface area contributed by atoms with Crippen LogP contribution in [-0.4, -0.2) is 41.6 Å². The third kappa shape index (κ3) is 5.96. The van der Waals surface area contributed by atoms with Crippen LogP contribution in [0, 0.1) is 19.3 Å². The molecule has 6 heteroatoms. The molecular formula is C31H44N4O2. The number of aromatic hydroxyl groups is 1. The smallest absolute Gasteiger partial charge is 0.237 e. The average Bonchev–Trinajstić information content (AvgIpc) is 2.88. The molecule has 0 unspecified atom stereocenters. The van der Waals surface area contributed by atoms with E-state index in [4.69, 9.17) is 5.73 Å². The Balaban J connectivity index is 1.22. The predicted octanol–water partition coefficient (Wildman–Crippen LogP) is 5.10. The Bertz CT molecular complexity index is 1090. The zero-order valence-corrected chi connectivity index (χ0v) is 22.6. The van der Waals surface area contributed by atoms with E-state index in [-0.39, 0.29) is 17.7 Å². The van der Waals surface area contributed by atoms with Crippen LogP contribution in [-0.2, 0) is 17.8 Å². The number of nitrogens with two attached hydrogens (primary N) is 1. The maximum Gasteiger partial charge on any atom is 0.237 e. The van der Waals surface area contributed by atoms with Crippen molar-refractivity contribution in [1.82, 2.24) is 10.2 Å². The van der Waals surface area contributed by atoms with Crippen molar-refractivity contribution in [3.63, 3.8) is 0 Å². The number of phenolic OH excluding ortho intramolecular Hbond substituents is 1. The Labute approximate surface area is 222 Å². The third-order valence-corrected chi connectivity index (χ3v) is 9.24. The molecule has 2 heterocycles. The molecule has 2 aromatic carbocycles. The van der Waals surface area contributed by atoms with Crippen LogP contribution in [0.15, 0.2) is 30.3 Å². The molecule has 5 N–H and O–H groups in total. The van der Waals surface area contributed by atoms with Gasteiger partial charge in [-0.2, -0.15) is 0 Å². The number of benzene rings is 2. The average molecular weight is 505 g/mol. The minimum absolute atomic E-state index is 0.0383. The molecule has 2 atom stereocenters. The lowest BCUT2D eigenvalue weighted by molar-refractivity contribution is -0.123. The highest BCUT2D eigenvalue weighted by molar-refractivity contribution is 5.82. The van der Waals surface area contributed by atoms with Gasteiger partial charge >= 0.3 is 0 Å². The first-order chi connectivity index (χ1) is 17.8. The van der Waals surface area contributed by atoms with Gasteiger partial charge in [0.1, 0.15) is 5.75 Å². The molecule has 2 aliphatic heterocycles. The largest absolute Gasteiger partial charge is 0.508 e. The van der Waals surface area contributed by atoms with E-state index in [1.165, 1.54) is 69.2 Å². The van der Waals surface area contributed by atoms with Crippen LogP contribution in [0.1, 0.15) is 85.2 Å². The lowest BCUT2D eigenvalue weighted by Crippen LogP contribution is -2.45. The SMILES string of the molecule is Cc1cc(O)cc(C)c1C[C@H](N)C(=O)N[C@@H]1CCNc2ccc(CN3CCC4(CCCCC4)CC3)cc21. The molecule has 3 aliphatic rings. The Hall–Kier alpha value is -2.57. The van der Waals surface area contributed by atoms with Crippen molar-refractivity contribution in [1.29, 1.82) is 0 Å². The number of aryl methyl sites for hydroxylation is 2. The summed E-state index contributed by atoms with van der Waals surface area (Å²) in [6.07, 6.45) is 11.1. The topological polar surface area (TPSA) is 90.6 Å². The van der Waals surface area contributed by atoms with Crippen LogP contribution in [0.3, 0.4) is 0 Å². The number of carbonyl (C=O) groups is 1. The third-order valence-electron chi connectivity index (χ3n) is 9.24. The minimum Gasteiger partial charge on any atom is -0.508 e. The van der Waals surface area contributed by atoms with Gasteiger partial charge in [0.2, 0.25) is 5.91 Å². The predicted molar refractivity (Wildman–Crippen MR) is 150 cm³/mol. The Morgan fingerprint density at radius 2 is 1.81 bits per heavy atom. The molecule has 0 radical (unpaired) electrons. The summed E-state index contributed by atoms with van der Waals surface area (Å²) in [5.41, 5.74) is 13.6. The maximum absolute atomic E-state index is 13.2. The van der Waals surface area contributed by atoms with Crippen molar-refractivity contribution < 1.29 is 9.90 Å². The van der Waals surface area contributed by atoms with Gasteiger partial charge in [0.25, 0.3) is 0 Å². The van der Waals surface area contributed by atoms with E-state index in [1.54, 1.807) is 12.1 Å². The summed E-state index contributed by atoms with van der Waals surface area (Å²) < 4.78 is 0. The molecule has 2 aromatic rings. The zero-order chi connectivity index (χ0) is 26.0. The molecule has 2 fully saturated rings. The number of hydrogen-bond acceptors (Lipinski definition) is 5. The van der Waals surface area contributed by atoms with Crippen molar-refractivity contribution in [2.45, 2.75) is 90.3 Å². The van der Waals surface area contributed by atoms with E-state index in [9.17, 15) is 9.90 Å². The fourth-order valence-electron chi connectivity index (χ4n) is 6.95. The second-order valence-electron chi connectivity index (χ2n) is 11.9. The Morgan fingerprint density at radius 3 is 2.51 bits per heavy atom. The van der Waals surface area contributed by atoms with Crippen molar-refractivity contribution >= 4 is 11.6 Å². The number of hydrogen-bond donors (Lipinski definition) is 4. The summed E-state index contributed by atoms with van der Waals surface area (Å²) in [6.45, 7) is 8.10. The standard InChI is InChI=1S/C31H44N4O2/c1-21-16-24(36)17-22(2)25(21)19-27(32)30(37)34-29-8-13-33-28-7-6-23(18-26(28)29)20-35-14-11-31(12-15-35)9-4-3-5-10-31/h6-7,16-18,27,29,33,36H,3-5,8-15,19-20,32H2,1-2H3,(H,34,37)/t27-,29+/m0/s1. The fourth-order valence-corrected chi connectivity index (χ4v) is 6.95. The molecule has 37 heavy (non-hydrogen) atoms. The molecule has 1 spiro atoms. The number of fused-ring (bicyclic) bond motifs is 1. The van der Waals surface area contributed by atoms with Crippen molar-refractivity contribution in [3.8, 4) is 5.75 Å².